The predicted molar refractivity (Wildman–Crippen MR) is 122 cm³/mol. The number of nitrogens with two attached hydrogens (primary N) is 1. The van der Waals surface area contributed by atoms with E-state index in [1.807, 2.05) is 25.1 Å². The lowest BCUT2D eigenvalue weighted by atomic mass is 9.99. The highest BCUT2D eigenvalue weighted by atomic mass is 16.5. The van der Waals surface area contributed by atoms with Crippen LogP contribution in [-0.4, -0.2) is 52.1 Å². The second kappa shape index (κ2) is 10.6. The number of benzene rings is 1. The second-order valence-corrected chi connectivity index (χ2v) is 7.51. The topological polar surface area (TPSA) is 150 Å². The molecule has 172 valence electrons. The van der Waals surface area contributed by atoms with Crippen molar-refractivity contribution in [1.82, 2.24) is 26.0 Å². The number of carboxylic acid groups (broad SMARTS) is 1. The van der Waals surface area contributed by atoms with Crippen LogP contribution in [-0.2, 0) is 17.6 Å². The number of anilines is 2. The van der Waals surface area contributed by atoms with Crippen LogP contribution in [0, 0.1) is 6.92 Å². The quantitative estimate of drug-likeness (QED) is 0.323. The van der Waals surface area contributed by atoms with Gasteiger partial charge in [0.1, 0.15) is 23.9 Å². The van der Waals surface area contributed by atoms with Gasteiger partial charge in [-0.3, -0.25) is 9.80 Å². The molecule has 1 aliphatic rings. The van der Waals surface area contributed by atoms with E-state index in [2.05, 4.69) is 38.4 Å². The fourth-order valence-corrected chi connectivity index (χ4v) is 3.49. The highest BCUT2D eigenvalue weighted by Gasteiger charge is 2.21. The van der Waals surface area contributed by atoms with Crippen molar-refractivity contribution in [3.8, 4) is 5.75 Å². The summed E-state index contributed by atoms with van der Waals surface area (Å²) in [5, 5.41) is 18.1. The normalized spacial score (nSPS) is 13.0. The molecule has 1 aromatic carbocycles. The third kappa shape index (κ3) is 5.76. The molecular weight excluding hydrogens is 412 g/mol. The minimum Gasteiger partial charge on any atom is -0.496 e. The molecule has 1 aliphatic heterocycles. The maximum Gasteiger partial charge on any atom is 0.324 e. The largest absolute Gasteiger partial charge is 0.496 e. The monoisotopic (exact) mass is 442 g/mol. The summed E-state index contributed by atoms with van der Waals surface area (Å²) < 4.78 is 5.59. The first kappa shape index (κ1) is 23.1. The Morgan fingerprint density at radius 3 is 2.84 bits per heavy atom. The molecular formula is C21H30N8O3. The van der Waals surface area contributed by atoms with Crippen LogP contribution in [0.25, 0.3) is 0 Å². The Morgan fingerprint density at radius 2 is 2.12 bits per heavy atom. The lowest BCUT2D eigenvalue weighted by Gasteiger charge is -2.18. The minimum atomic E-state index is -0.953. The van der Waals surface area contributed by atoms with Gasteiger partial charge < -0.3 is 20.9 Å². The van der Waals surface area contributed by atoms with E-state index in [0.29, 0.717) is 18.7 Å². The summed E-state index contributed by atoms with van der Waals surface area (Å²) in [6.07, 6.45) is 3.10. The molecule has 3 rings (SSSR count). The van der Waals surface area contributed by atoms with Crippen LogP contribution in [0.1, 0.15) is 42.1 Å². The highest BCUT2D eigenvalue weighted by molar-refractivity contribution is 5.87. The van der Waals surface area contributed by atoms with Gasteiger partial charge in [0.15, 0.2) is 0 Å². The van der Waals surface area contributed by atoms with Gasteiger partial charge in [0.25, 0.3) is 0 Å². The molecule has 0 saturated heterocycles. The van der Waals surface area contributed by atoms with Crippen LogP contribution in [0.4, 0.5) is 11.8 Å². The van der Waals surface area contributed by atoms with Gasteiger partial charge in [0.2, 0.25) is 5.95 Å². The summed E-state index contributed by atoms with van der Waals surface area (Å²) in [6, 6.07) is 5.87. The van der Waals surface area contributed by atoms with Gasteiger partial charge in [-0.1, -0.05) is 25.5 Å². The molecule has 11 nitrogen and oxygen atoms in total. The molecule has 0 aliphatic carbocycles. The lowest BCUT2D eigenvalue weighted by molar-refractivity contribution is -0.137. The van der Waals surface area contributed by atoms with Crippen LogP contribution >= 0.6 is 0 Å². The van der Waals surface area contributed by atoms with E-state index in [0.717, 1.165) is 53.3 Å². The van der Waals surface area contributed by atoms with Gasteiger partial charge >= 0.3 is 5.97 Å². The lowest BCUT2D eigenvalue weighted by Crippen LogP contribution is -2.44. The van der Waals surface area contributed by atoms with Crippen LogP contribution in [0.2, 0.25) is 0 Å². The van der Waals surface area contributed by atoms with Crippen LogP contribution < -0.4 is 26.9 Å². The van der Waals surface area contributed by atoms with E-state index in [4.69, 9.17) is 15.6 Å². The number of ether oxygens (including phenoxy) is 1. The summed E-state index contributed by atoms with van der Waals surface area (Å²) in [6.45, 7) is 4.65. The first-order valence-electron chi connectivity index (χ1n) is 10.5. The molecule has 0 bridgehead atoms. The number of nitrogens with one attached hydrogen (secondary N) is 3. The number of nitrogen functional groups attached to an aromatic ring is 1. The predicted octanol–water partition coefficient (Wildman–Crippen LogP) is 1.44. The van der Waals surface area contributed by atoms with Gasteiger partial charge in [0, 0.05) is 30.6 Å². The number of unbranched alkanes of at least 4 members (excludes halogenated alkanes) is 1. The van der Waals surface area contributed by atoms with Gasteiger partial charge in [-0.25, -0.2) is 10.5 Å². The van der Waals surface area contributed by atoms with E-state index >= 15 is 0 Å². The Hall–Kier alpha value is -3.60. The molecule has 0 fully saturated rings. The van der Waals surface area contributed by atoms with E-state index < -0.39 is 5.97 Å². The van der Waals surface area contributed by atoms with Crippen molar-refractivity contribution >= 4 is 23.6 Å². The Balaban J connectivity index is 1.86. The number of rotatable bonds is 11. The van der Waals surface area contributed by atoms with E-state index in [1.54, 1.807) is 7.11 Å². The van der Waals surface area contributed by atoms with Gasteiger partial charge in [0.05, 0.1) is 7.11 Å². The number of aliphatic carboxylic acids is 1. The molecule has 0 radical (unpaired) electrons. The number of aromatic nitrogens is 2. The molecule has 11 heteroatoms. The molecule has 0 atom stereocenters. The number of aryl methyl sites for hydroxylation is 1. The molecule has 0 spiro atoms. The number of carboxylic acids is 1. The smallest absolute Gasteiger partial charge is 0.324 e. The van der Waals surface area contributed by atoms with E-state index in [1.165, 1.54) is 5.01 Å². The molecule has 0 unspecified atom stereocenters. The zero-order chi connectivity index (χ0) is 23.1. The maximum absolute atomic E-state index is 11.1. The van der Waals surface area contributed by atoms with Crippen LogP contribution in [0.5, 0.6) is 5.75 Å². The Bertz CT molecular complexity index is 995. The third-order valence-electron chi connectivity index (χ3n) is 5.10. The summed E-state index contributed by atoms with van der Waals surface area (Å²) in [4.78, 5) is 19.8. The first-order chi connectivity index (χ1) is 15.4. The van der Waals surface area contributed by atoms with Crippen molar-refractivity contribution in [2.75, 3.05) is 31.2 Å². The molecule has 32 heavy (non-hydrogen) atoms. The molecule has 2 heterocycles. The Morgan fingerprint density at radius 1 is 1.31 bits per heavy atom. The Labute approximate surface area is 187 Å². The number of hydrazine groups is 2. The summed E-state index contributed by atoms with van der Waals surface area (Å²) in [7, 11) is 1.63. The molecule has 1 aromatic heterocycles. The standard InChI is InChI=1S/C21H30N8O3/c1-4-5-8-23-20-16(13(2)24-21(22)25-20)11-15-9-14(6-7-17(15)32-3)10-18-26-27-28-29(18)12-19(30)31/h6-7,9,27-28H,4-5,8,10-12H2,1-3H3,(H,30,31)(H3,22,23,24,25). The average molecular weight is 443 g/mol. The highest BCUT2D eigenvalue weighted by Crippen LogP contribution is 2.28. The minimum absolute atomic E-state index is 0.205. The molecule has 0 amide bonds. The van der Waals surface area contributed by atoms with Crippen molar-refractivity contribution < 1.29 is 14.6 Å². The SMILES string of the molecule is CCCCNc1nc(N)nc(C)c1Cc1cc(CC2=NNNN2CC(=O)O)ccc1OC. The Kier molecular flexibility index (Phi) is 7.66. The molecule has 0 saturated carbocycles. The number of nitrogens with zero attached hydrogens (tertiary/aromatic N) is 4. The van der Waals surface area contributed by atoms with Gasteiger partial charge in [-0.2, -0.15) is 4.98 Å². The summed E-state index contributed by atoms with van der Waals surface area (Å²) >= 11 is 0. The van der Waals surface area contributed by atoms with E-state index in [9.17, 15) is 4.79 Å². The number of hydrogen-bond acceptors (Lipinski definition) is 10. The fraction of sp³-hybridized carbons (Fsp3) is 0.429. The zero-order valence-electron chi connectivity index (χ0n) is 18.6. The number of hydrazone groups is 1. The van der Waals surface area contributed by atoms with Crippen molar-refractivity contribution in [2.45, 2.75) is 39.5 Å². The fourth-order valence-electron chi connectivity index (χ4n) is 3.49. The number of amidine groups is 1. The first-order valence-corrected chi connectivity index (χ1v) is 10.5. The van der Waals surface area contributed by atoms with Crippen molar-refractivity contribution in [3.05, 3.63) is 40.6 Å². The van der Waals surface area contributed by atoms with Gasteiger partial charge in [-0.05, 0) is 30.5 Å². The van der Waals surface area contributed by atoms with Crippen molar-refractivity contribution in [3.63, 3.8) is 0 Å². The number of methoxy groups -OCH3 is 1. The zero-order valence-corrected chi connectivity index (χ0v) is 18.6. The molecule has 2 aromatic rings. The summed E-state index contributed by atoms with van der Waals surface area (Å²) in [5.74, 6) is 1.35. The van der Waals surface area contributed by atoms with Crippen molar-refractivity contribution in [2.24, 2.45) is 5.10 Å². The van der Waals surface area contributed by atoms with E-state index in [-0.39, 0.29) is 12.5 Å². The van der Waals surface area contributed by atoms with Gasteiger partial charge in [-0.15, -0.1) is 10.6 Å². The van der Waals surface area contributed by atoms with Crippen LogP contribution in [0.3, 0.4) is 0 Å². The molecule has 6 N–H and O–H groups in total. The number of hydrogen-bond donors (Lipinski definition) is 5. The number of carbonyl (C=O) groups is 1. The average Bonchev–Trinajstić information content (AvgIpc) is 3.16. The summed E-state index contributed by atoms with van der Waals surface area (Å²) in [5.41, 5.74) is 14.9. The second-order valence-electron chi connectivity index (χ2n) is 7.51. The van der Waals surface area contributed by atoms with Crippen LogP contribution in [0.15, 0.2) is 23.3 Å². The third-order valence-corrected chi connectivity index (χ3v) is 5.10. The maximum atomic E-state index is 11.1. The van der Waals surface area contributed by atoms with Crippen molar-refractivity contribution in [1.29, 1.82) is 0 Å².